The number of rotatable bonds is 3. The van der Waals surface area contributed by atoms with Crippen LogP contribution < -0.4 is 10.5 Å². The van der Waals surface area contributed by atoms with Gasteiger partial charge < -0.3 is 14.4 Å². The van der Waals surface area contributed by atoms with E-state index in [0.717, 1.165) is 13.0 Å². The summed E-state index contributed by atoms with van der Waals surface area (Å²) in [5.74, 6) is 0.660. The molecule has 0 unspecified atom stereocenters. The highest BCUT2D eigenvalue weighted by atomic mass is 35.5. The number of pyridine rings is 1. The van der Waals surface area contributed by atoms with E-state index in [1.807, 2.05) is 0 Å². The van der Waals surface area contributed by atoms with Crippen molar-refractivity contribution >= 4 is 28.3 Å². The number of hydrogen-bond acceptors (Lipinski definition) is 6. The maximum atomic E-state index is 14.9. The fraction of sp³-hybridized carbons (Fsp3) is 0.409. The van der Waals surface area contributed by atoms with E-state index in [1.54, 1.807) is 32.2 Å². The number of benzene rings is 1. The molecule has 0 saturated carbocycles. The van der Waals surface area contributed by atoms with Gasteiger partial charge >= 0.3 is 0 Å². The van der Waals surface area contributed by atoms with E-state index < -0.39 is 5.82 Å². The normalized spacial score (nSPS) is 21.4. The van der Waals surface area contributed by atoms with Gasteiger partial charge in [0.1, 0.15) is 23.6 Å². The summed E-state index contributed by atoms with van der Waals surface area (Å²) in [6.07, 6.45) is 1.01. The molecule has 5 rings (SSSR count). The molecule has 2 aliphatic heterocycles. The Bertz CT molecular complexity index is 1230. The Balaban J connectivity index is 1.68. The Labute approximate surface area is 183 Å². The lowest BCUT2D eigenvalue weighted by molar-refractivity contribution is -0.140. The van der Waals surface area contributed by atoms with Crippen molar-refractivity contribution in [1.82, 2.24) is 14.5 Å². The van der Waals surface area contributed by atoms with Gasteiger partial charge in [0.2, 0.25) is 0 Å². The largest absolute Gasteiger partial charge is 0.375 e. The third kappa shape index (κ3) is 3.58. The first-order valence-electron chi connectivity index (χ1n) is 10.2. The molecule has 162 valence electrons. The Morgan fingerprint density at radius 3 is 2.65 bits per heavy atom. The molecule has 0 radical (unpaired) electrons. The summed E-state index contributed by atoms with van der Waals surface area (Å²) in [5.41, 5.74) is 0.690. The minimum Gasteiger partial charge on any atom is -0.375 e. The number of fused-ring (bicyclic) bond motifs is 1. The van der Waals surface area contributed by atoms with Crippen molar-refractivity contribution in [2.45, 2.75) is 25.6 Å². The number of ether oxygens (including phenoxy) is 2. The summed E-state index contributed by atoms with van der Waals surface area (Å²) in [5, 5.41) is 0.560. The first kappa shape index (κ1) is 20.4. The molecule has 2 aliphatic rings. The maximum Gasteiger partial charge on any atom is 0.263 e. The number of morpholine rings is 1. The lowest BCUT2D eigenvalue weighted by Crippen LogP contribution is -2.52. The van der Waals surface area contributed by atoms with Crippen LogP contribution >= 0.6 is 11.6 Å². The Morgan fingerprint density at radius 2 is 1.94 bits per heavy atom. The highest BCUT2D eigenvalue weighted by molar-refractivity contribution is 6.30. The van der Waals surface area contributed by atoms with Crippen LogP contribution in [-0.2, 0) is 16.5 Å². The summed E-state index contributed by atoms with van der Waals surface area (Å²) in [4.78, 5) is 24.5. The summed E-state index contributed by atoms with van der Waals surface area (Å²) in [6.45, 7) is 4.30. The molecule has 4 heterocycles. The number of anilines is 1. The SMILES string of the molecule is Cc1nc2cc(N3CCO[C@H]([C@H]4CCO4)C3)nc(-c3ccc(Cl)cc3F)c2c(=O)n1C. The molecule has 0 amide bonds. The van der Waals surface area contributed by atoms with Gasteiger partial charge in [0.05, 0.1) is 29.3 Å². The van der Waals surface area contributed by atoms with E-state index in [4.69, 9.17) is 26.1 Å². The molecule has 3 aromatic rings. The Morgan fingerprint density at radius 1 is 1.16 bits per heavy atom. The van der Waals surface area contributed by atoms with Crippen molar-refractivity contribution in [3.05, 3.63) is 51.3 Å². The van der Waals surface area contributed by atoms with E-state index in [0.29, 0.717) is 36.9 Å². The average Bonchev–Trinajstić information content (AvgIpc) is 2.70. The summed E-state index contributed by atoms with van der Waals surface area (Å²) in [6, 6.07) is 6.16. The number of hydrogen-bond donors (Lipinski definition) is 0. The molecule has 0 N–H and O–H groups in total. The quantitative estimate of drug-likeness (QED) is 0.618. The van der Waals surface area contributed by atoms with E-state index in [-0.39, 0.29) is 39.4 Å². The summed E-state index contributed by atoms with van der Waals surface area (Å²) < 4.78 is 27.8. The molecule has 7 nitrogen and oxygen atoms in total. The molecular weight excluding hydrogens is 423 g/mol. The lowest BCUT2D eigenvalue weighted by Gasteiger charge is -2.40. The molecular formula is C22H22ClFN4O3. The van der Waals surface area contributed by atoms with Crippen LogP contribution in [0.4, 0.5) is 10.2 Å². The number of aromatic nitrogens is 3. The van der Waals surface area contributed by atoms with Crippen molar-refractivity contribution < 1.29 is 13.9 Å². The molecule has 31 heavy (non-hydrogen) atoms. The minimum absolute atomic E-state index is 0.0472. The van der Waals surface area contributed by atoms with Crippen LogP contribution in [-0.4, -0.2) is 53.0 Å². The lowest BCUT2D eigenvalue weighted by atomic mass is 10.0. The third-order valence-electron chi connectivity index (χ3n) is 6.02. The van der Waals surface area contributed by atoms with Crippen molar-refractivity contribution in [3.8, 4) is 11.3 Å². The van der Waals surface area contributed by atoms with Crippen LogP contribution in [0.5, 0.6) is 0 Å². The van der Waals surface area contributed by atoms with E-state index in [9.17, 15) is 9.18 Å². The predicted octanol–water partition coefficient (Wildman–Crippen LogP) is 3.09. The van der Waals surface area contributed by atoms with E-state index in [2.05, 4.69) is 9.88 Å². The predicted molar refractivity (Wildman–Crippen MR) is 116 cm³/mol. The zero-order valence-corrected chi connectivity index (χ0v) is 18.0. The molecule has 2 atom stereocenters. The first-order valence-corrected chi connectivity index (χ1v) is 10.6. The van der Waals surface area contributed by atoms with Crippen LogP contribution in [0.15, 0.2) is 29.1 Å². The first-order chi connectivity index (χ1) is 14.9. The van der Waals surface area contributed by atoms with Crippen LogP contribution in [0.3, 0.4) is 0 Å². The van der Waals surface area contributed by atoms with Gasteiger partial charge in [-0.15, -0.1) is 0 Å². The second-order valence-corrected chi connectivity index (χ2v) is 8.36. The van der Waals surface area contributed by atoms with Crippen molar-refractivity contribution in [2.75, 3.05) is 31.2 Å². The van der Waals surface area contributed by atoms with Crippen LogP contribution in [0.25, 0.3) is 22.2 Å². The van der Waals surface area contributed by atoms with Gasteiger partial charge in [0.15, 0.2) is 0 Å². The smallest absolute Gasteiger partial charge is 0.263 e. The van der Waals surface area contributed by atoms with Gasteiger partial charge in [-0.3, -0.25) is 9.36 Å². The van der Waals surface area contributed by atoms with Gasteiger partial charge in [-0.1, -0.05) is 11.6 Å². The van der Waals surface area contributed by atoms with Crippen molar-refractivity contribution in [3.63, 3.8) is 0 Å². The third-order valence-corrected chi connectivity index (χ3v) is 6.26. The molecule has 0 bridgehead atoms. The summed E-state index contributed by atoms with van der Waals surface area (Å²) >= 11 is 5.95. The van der Waals surface area contributed by atoms with E-state index in [1.165, 1.54) is 10.6 Å². The second-order valence-electron chi connectivity index (χ2n) is 7.92. The molecule has 2 saturated heterocycles. The van der Waals surface area contributed by atoms with Gasteiger partial charge in [-0.05, 0) is 31.5 Å². The standard InChI is InChI=1S/C22H22ClFN4O3/c1-12-25-16-10-19(28-6-8-31-18(11-28)17-5-7-30-17)26-21(20(16)22(29)27(12)2)14-4-3-13(23)9-15(14)24/h3-4,9-10,17-18H,5-8,11H2,1-2H3/t17-,18+/m1/s1. The Hall–Kier alpha value is -2.55. The van der Waals surface area contributed by atoms with Gasteiger partial charge in [0, 0.05) is 43.4 Å². The molecule has 0 spiro atoms. The number of halogens is 2. The van der Waals surface area contributed by atoms with Gasteiger partial charge in [0.25, 0.3) is 5.56 Å². The highest BCUT2D eigenvalue weighted by Gasteiger charge is 2.34. The molecule has 2 fully saturated rings. The topological polar surface area (TPSA) is 69.5 Å². The molecule has 1 aromatic carbocycles. The Kier molecular flexibility index (Phi) is 5.16. The molecule has 0 aliphatic carbocycles. The summed E-state index contributed by atoms with van der Waals surface area (Å²) in [7, 11) is 1.64. The van der Waals surface area contributed by atoms with E-state index >= 15 is 0 Å². The molecule has 2 aromatic heterocycles. The second kappa shape index (κ2) is 7.85. The molecule has 9 heteroatoms. The maximum absolute atomic E-state index is 14.9. The number of aryl methyl sites for hydroxylation is 1. The fourth-order valence-electron chi connectivity index (χ4n) is 4.08. The zero-order chi connectivity index (χ0) is 21.7. The minimum atomic E-state index is -0.538. The highest BCUT2D eigenvalue weighted by Crippen LogP contribution is 2.32. The average molecular weight is 445 g/mol. The van der Waals surface area contributed by atoms with Crippen molar-refractivity contribution in [1.29, 1.82) is 0 Å². The fourth-order valence-corrected chi connectivity index (χ4v) is 4.23. The monoisotopic (exact) mass is 444 g/mol. The zero-order valence-electron chi connectivity index (χ0n) is 17.3. The number of nitrogens with zero attached hydrogens (tertiary/aromatic N) is 4. The van der Waals surface area contributed by atoms with Crippen LogP contribution in [0, 0.1) is 12.7 Å². The van der Waals surface area contributed by atoms with Gasteiger partial charge in [-0.2, -0.15) is 0 Å². The van der Waals surface area contributed by atoms with Crippen LogP contribution in [0.1, 0.15) is 12.2 Å². The van der Waals surface area contributed by atoms with Gasteiger partial charge in [-0.25, -0.2) is 14.4 Å². The van der Waals surface area contributed by atoms with Crippen molar-refractivity contribution in [2.24, 2.45) is 7.05 Å². The van der Waals surface area contributed by atoms with Crippen LogP contribution in [0.2, 0.25) is 5.02 Å².